The Kier molecular flexibility index (Phi) is 5.10. The zero-order valence-electron chi connectivity index (χ0n) is 18.7. The fourth-order valence-electron chi connectivity index (χ4n) is 5.46. The average molecular weight is 416 g/mol. The van der Waals surface area contributed by atoms with Crippen molar-refractivity contribution in [2.24, 2.45) is 0 Å². The number of nitrogens with one attached hydrogen (secondary N) is 1. The zero-order chi connectivity index (χ0) is 21.4. The summed E-state index contributed by atoms with van der Waals surface area (Å²) in [5.74, 6) is 0.998. The van der Waals surface area contributed by atoms with E-state index in [1.807, 2.05) is 4.68 Å². The Bertz CT molecular complexity index is 1190. The number of aromatic amines is 1. The molecule has 2 aromatic carbocycles. The third kappa shape index (κ3) is 3.45. The molecule has 2 heterocycles. The van der Waals surface area contributed by atoms with Crippen LogP contribution in [0.4, 0.5) is 0 Å². The van der Waals surface area contributed by atoms with Crippen LogP contribution in [0.5, 0.6) is 0 Å². The van der Waals surface area contributed by atoms with E-state index >= 15 is 0 Å². The van der Waals surface area contributed by atoms with Gasteiger partial charge in [-0.05, 0) is 66.8 Å². The molecule has 5 rings (SSSR count). The van der Waals surface area contributed by atoms with Gasteiger partial charge < -0.3 is 10.3 Å². The van der Waals surface area contributed by atoms with Crippen LogP contribution in [0.15, 0.2) is 42.5 Å². The molecule has 6 nitrogen and oxygen atoms in total. The number of para-hydroxylation sites is 2. The number of quaternary nitrogens is 1. The predicted octanol–water partition coefficient (Wildman–Crippen LogP) is 3.64. The second-order valence-electron chi connectivity index (χ2n) is 9.03. The molecule has 2 aromatic heterocycles. The molecule has 0 spiro atoms. The van der Waals surface area contributed by atoms with Gasteiger partial charge in [0.05, 0.1) is 12.2 Å². The highest BCUT2D eigenvalue weighted by atomic mass is 15.6. The third-order valence-electron chi connectivity index (χ3n) is 7.02. The normalized spacial score (nSPS) is 15.7. The van der Waals surface area contributed by atoms with Crippen molar-refractivity contribution in [3.05, 3.63) is 70.7 Å². The lowest BCUT2D eigenvalue weighted by Gasteiger charge is -2.26. The number of hydrogen-bond acceptors (Lipinski definition) is 3. The van der Waals surface area contributed by atoms with Crippen LogP contribution in [0.2, 0.25) is 0 Å². The van der Waals surface area contributed by atoms with Gasteiger partial charge in [-0.2, -0.15) is 4.68 Å². The average Bonchev–Trinajstić information content (AvgIpc) is 3.48. The van der Waals surface area contributed by atoms with Crippen molar-refractivity contribution in [1.29, 1.82) is 0 Å². The maximum Gasteiger partial charge on any atom is 0.217 e. The summed E-state index contributed by atoms with van der Waals surface area (Å²) in [7, 11) is 0. The molecule has 0 unspecified atom stereocenters. The highest BCUT2D eigenvalue weighted by Crippen LogP contribution is 2.35. The lowest BCUT2D eigenvalue weighted by atomic mass is 9.95. The monoisotopic (exact) mass is 415 g/mol. The molecule has 160 valence electrons. The van der Waals surface area contributed by atoms with Gasteiger partial charge in [-0.1, -0.05) is 36.4 Å². The first-order chi connectivity index (χ1) is 15.1. The SMILES string of the molecule is Cc1cccc(C)c1-n1nnnc1C1([NH2+]CCc2c(C)[nH]c3ccccc23)CCCC1. The van der Waals surface area contributed by atoms with Crippen molar-refractivity contribution in [3.63, 3.8) is 0 Å². The molecule has 0 amide bonds. The van der Waals surface area contributed by atoms with E-state index in [0.29, 0.717) is 0 Å². The van der Waals surface area contributed by atoms with Gasteiger partial charge in [-0.3, -0.25) is 0 Å². The summed E-state index contributed by atoms with van der Waals surface area (Å²) in [4.78, 5) is 3.54. The number of benzene rings is 2. The number of hydrogen-bond donors (Lipinski definition) is 2. The molecule has 1 aliphatic rings. The van der Waals surface area contributed by atoms with Crippen LogP contribution in [0.1, 0.15) is 53.9 Å². The van der Waals surface area contributed by atoms with Crippen molar-refractivity contribution < 1.29 is 5.32 Å². The van der Waals surface area contributed by atoms with Crippen molar-refractivity contribution in [3.8, 4) is 5.69 Å². The fourth-order valence-corrected chi connectivity index (χ4v) is 5.46. The number of aryl methyl sites for hydroxylation is 3. The largest absolute Gasteiger partial charge is 0.358 e. The summed E-state index contributed by atoms with van der Waals surface area (Å²) >= 11 is 0. The Labute approximate surface area is 183 Å². The molecule has 4 aromatic rings. The summed E-state index contributed by atoms with van der Waals surface area (Å²) < 4.78 is 2.00. The standard InChI is InChI=1S/C25H30N6/c1-17-9-8-10-18(2)23(17)31-24(28-29-30-31)25(14-6-7-15-25)26-16-13-20-19(3)27-22-12-5-4-11-21(20)22/h4-5,8-12,26-27H,6-7,13-16H2,1-3H3/p+1. The summed E-state index contributed by atoms with van der Waals surface area (Å²) in [6, 6.07) is 15.0. The first-order valence-corrected chi connectivity index (χ1v) is 11.3. The Morgan fingerprint density at radius 1 is 1.00 bits per heavy atom. The maximum absolute atomic E-state index is 4.58. The van der Waals surface area contributed by atoms with E-state index in [1.54, 1.807) is 0 Å². The van der Waals surface area contributed by atoms with Crippen molar-refractivity contribution in [2.45, 2.75) is 58.4 Å². The molecular formula is C25H31N6+. The number of nitrogens with two attached hydrogens (primary N) is 1. The van der Waals surface area contributed by atoms with Crippen LogP contribution in [-0.4, -0.2) is 31.7 Å². The summed E-state index contributed by atoms with van der Waals surface area (Å²) in [5.41, 5.74) is 7.40. The first kappa shape index (κ1) is 19.9. The van der Waals surface area contributed by atoms with Gasteiger partial charge >= 0.3 is 0 Å². The van der Waals surface area contributed by atoms with Crippen LogP contribution in [0, 0.1) is 20.8 Å². The van der Waals surface area contributed by atoms with E-state index < -0.39 is 0 Å². The van der Waals surface area contributed by atoms with E-state index in [0.717, 1.165) is 37.3 Å². The van der Waals surface area contributed by atoms with Crippen LogP contribution in [0.25, 0.3) is 16.6 Å². The van der Waals surface area contributed by atoms with Gasteiger partial charge in [0.25, 0.3) is 0 Å². The van der Waals surface area contributed by atoms with E-state index in [-0.39, 0.29) is 5.54 Å². The molecule has 0 saturated heterocycles. The number of fused-ring (bicyclic) bond motifs is 1. The fraction of sp³-hybridized carbons (Fsp3) is 0.400. The second-order valence-corrected chi connectivity index (χ2v) is 9.03. The molecule has 0 radical (unpaired) electrons. The van der Waals surface area contributed by atoms with Gasteiger partial charge in [0.1, 0.15) is 0 Å². The number of tetrazole rings is 1. The summed E-state index contributed by atoms with van der Waals surface area (Å²) in [5, 5.41) is 17.0. The van der Waals surface area contributed by atoms with Gasteiger partial charge in [-0.15, -0.1) is 5.10 Å². The molecule has 0 aliphatic heterocycles. The maximum atomic E-state index is 4.58. The van der Waals surface area contributed by atoms with Crippen molar-refractivity contribution in [2.75, 3.05) is 6.54 Å². The van der Waals surface area contributed by atoms with E-state index in [1.165, 1.54) is 46.1 Å². The number of H-pyrrole nitrogens is 1. The lowest BCUT2D eigenvalue weighted by Crippen LogP contribution is -2.95. The highest BCUT2D eigenvalue weighted by molar-refractivity contribution is 5.84. The highest BCUT2D eigenvalue weighted by Gasteiger charge is 2.44. The second kappa shape index (κ2) is 7.93. The lowest BCUT2D eigenvalue weighted by molar-refractivity contribution is -0.737. The zero-order valence-corrected chi connectivity index (χ0v) is 18.7. The third-order valence-corrected chi connectivity index (χ3v) is 7.02. The minimum Gasteiger partial charge on any atom is -0.358 e. The minimum absolute atomic E-state index is 0.0573. The topological polar surface area (TPSA) is 76.0 Å². The van der Waals surface area contributed by atoms with Crippen molar-refractivity contribution in [1.82, 2.24) is 25.2 Å². The Morgan fingerprint density at radius 3 is 2.52 bits per heavy atom. The Balaban J connectivity index is 1.44. The van der Waals surface area contributed by atoms with Crippen LogP contribution in [0.3, 0.4) is 0 Å². The van der Waals surface area contributed by atoms with Crippen LogP contribution < -0.4 is 5.32 Å². The molecule has 31 heavy (non-hydrogen) atoms. The smallest absolute Gasteiger partial charge is 0.217 e. The summed E-state index contributed by atoms with van der Waals surface area (Å²) in [6.45, 7) is 7.47. The van der Waals surface area contributed by atoms with Crippen LogP contribution in [-0.2, 0) is 12.0 Å². The van der Waals surface area contributed by atoms with Gasteiger partial charge in [0, 0.05) is 35.9 Å². The molecule has 6 heteroatoms. The van der Waals surface area contributed by atoms with Crippen molar-refractivity contribution >= 4 is 10.9 Å². The number of aromatic nitrogens is 5. The number of nitrogens with zero attached hydrogens (tertiary/aromatic N) is 4. The number of rotatable bonds is 6. The van der Waals surface area contributed by atoms with Gasteiger partial charge in [0.2, 0.25) is 5.82 Å². The molecular weight excluding hydrogens is 384 g/mol. The molecule has 1 saturated carbocycles. The molecule has 0 bridgehead atoms. The molecule has 1 fully saturated rings. The minimum atomic E-state index is -0.0573. The first-order valence-electron chi connectivity index (χ1n) is 11.3. The Hall–Kier alpha value is -2.99. The molecule has 1 aliphatic carbocycles. The van der Waals surface area contributed by atoms with Crippen LogP contribution >= 0.6 is 0 Å². The van der Waals surface area contributed by atoms with E-state index in [2.05, 4.69) is 89.1 Å². The quantitative estimate of drug-likeness (QED) is 0.505. The van der Waals surface area contributed by atoms with Gasteiger partial charge in [-0.25, -0.2) is 0 Å². The van der Waals surface area contributed by atoms with Gasteiger partial charge in [0.15, 0.2) is 5.54 Å². The Morgan fingerprint density at radius 2 is 1.74 bits per heavy atom. The van der Waals surface area contributed by atoms with E-state index in [4.69, 9.17) is 0 Å². The molecule has 3 N–H and O–H groups in total. The predicted molar refractivity (Wildman–Crippen MR) is 122 cm³/mol. The van der Waals surface area contributed by atoms with E-state index in [9.17, 15) is 0 Å². The molecule has 0 atom stereocenters. The summed E-state index contributed by atoms with van der Waals surface area (Å²) in [6.07, 6.45) is 5.71.